The zero-order valence-corrected chi connectivity index (χ0v) is 18.9. The van der Waals surface area contributed by atoms with Crippen molar-refractivity contribution in [3.05, 3.63) is 23.8 Å². The maximum absolute atomic E-state index is 10.5. The van der Waals surface area contributed by atoms with Crippen molar-refractivity contribution in [1.29, 1.82) is 0 Å². The van der Waals surface area contributed by atoms with Gasteiger partial charge in [-0.15, -0.1) is 11.8 Å². The third-order valence-electron chi connectivity index (χ3n) is 7.32. The van der Waals surface area contributed by atoms with Gasteiger partial charge in [0.25, 0.3) is 0 Å². The molecule has 3 rings (SSSR count). The Labute approximate surface area is 183 Å². The van der Waals surface area contributed by atoms with Crippen LogP contribution in [0.3, 0.4) is 0 Å². The SMILES string of the molecule is CC#CC[C@@H](C)[C@H](O)/C=C/[C@@H]1[C@H]2C/C(=C/COCCN3CCCCC3)C[C@H]2C[C@H]1O. The summed E-state index contributed by atoms with van der Waals surface area (Å²) in [6.07, 6.45) is 13.2. The number of aliphatic hydroxyl groups excluding tert-OH is 2. The lowest BCUT2D eigenvalue weighted by Gasteiger charge is -2.25. The molecule has 1 aliphatic heterocycles. The van der Waals surface area contributed by atoms with Crippen molar-refractivity contribution < 1.29 is 14.9 Å². The van der Waals surface area contributed by atoms with Crippen LogP contribution in [0.1, 0.15) is 58.8 Å². The zero-order chi connectivity index (χ0) is 21.3. The van der Waals surface area contributed by atoms with Gasteiger partial charge in [0.2, 0.25) is 0 Å². The molecule has 3 aliphatic rings. The average molecular weight is 416 g/mol. The molecule has 4 nitrogen and oxygen atoms in total. The minimum absolute atomic E-state index is 0.115. The van der Waals surface area contributed by atoms with E-state index < -0.39 is 6.10 Å². The maximum Gasteiger partial charge on any atom is 0.0755 e. The highest BCUT2D eigenvalue weighted by molar-refractivity contribution is 5.18. The topological polar surface area (TPSA) is 52.9 Å². The van der Waals surface area contributed by atoms with E-state index in [1.54, 1.807) is 0 Å². The van der Waals surface area contributed by atoms with Crippen molar-refractivity contribution in [2.75, 3.05) is 32.8 Å². The molecule has 0 spiro atoms. The summed E-state index contributed by atoms with van der Waals surface area (Å²) in [6, 6.07) is 0. The van der Waals surface area contributed by atoms with Crippen LogP contribution in [-0.4, -0.2) is 60.2 Å². The van der Waals surface area contributed by atoms with Crippen LogP contribution in [0, 0.1) is 35.5 Å². The van der Waals surface area contributed by atoms with Crippen LogP contribution in [0.4, 0.5) is 0 Å². The third-order valence-corrected chi connectivity index (χ3v) is 7.32. The Morgan fingerprint density at radius 3 is 2.80 bits per heavy atom. The lowest BCUT2D eigenvalue weighted by Crippen LogP contribution is -2.32. The van der Waals surface area contributed by atoms with Crippen LogP contribution < -0.4 is 0 Å². The molecule has 1 heterocycles. The summed E-state index contributed by atoms with van der Waals surface area (Å²) in [7, 11) is 0. The highest BCUT2D eigenvalue weighted by Gasteiger charge is 2.45. The fourth-order valence-corrected chi connectivity index (χ4v) is 5.39. The van der Waals surface area contributed by atoms with Gasteiger partial charge in [-0.2, -0.15) is 0 Å². The fraction of sp³-hybridized carbons (Fsp3) is 0.769. The number of hydrogen-bond donors (Lipinski definition) is 2. The lowest BCUT2D eigenvalue weighted by atomic mass is 9.89. The van der Waals surface area contributed by atoms with E-state index in [1.165, 1.54) is 37.9 Å². The van der Waals surface area contributed by atoms with Gasteiger partial charge >= 0.3 is 0 Å². The Morgan fingerprint density at radius 2 is 2.03 bits per heavy atom. The summed E-state index contributed by atoms with van der Waals surface area (Å²) in [5.74, 6) is 7.26. The monoisotopic (exact) mass is 415 g/mol. The Morgan fingerprint density at radius 1 is 1.23 bits per heavy atom. The predicted molar refractivity (Wildman–Crippen MR) is 122 cm³/mol. The summed E-state index contributed by atoms with van der Waals surface area (Å²) in [5, 5.41) is 20.9. The van der Waals surface area contributed by atoms with Crippen LogP contribution >= 0.6 is 0 Å². The van der Waals surface area contributed by atoms with Crippen molar-refractivity contribution in [1.82, 2.24) is 4.90 Å². The molecular formula is C26H41NO3. The van der Waals surface area contributed by atoms with E-state index >= 15 is 0 Å². The minimum Gasteiger partial charge on any atom is -0.392 e. The van der Waals surface area contributed by atoms with Crippen LogP contribution in [0.2, 0.25) is 0 Å². The molecule has 0 unspecified atom stereocenters. The predicted octanol–water partition coefficient (Wildman–Crippen LogP) is 3.79. The highest BCUT2D eigenvalue weighted by Crippen LogP contribution is 2.50. The number of nitrogens with zero attached hydrogens (tertiary/aromatic N) is 1. The van der Waals surface area contributed by atoms with Gasteiger partial charge in [0.15, 0.2) is 0 Å². The van der Waals surface area contributed by atoms with Gasteiger partial charge in [0, 0.05) is 18.9 Å². The van der Waals surface area contributed by atoms with E-state index in [0.29, 0.717) is 24.9 Å². The summed E-state index contributed by atoms with van der Waals surface area (Å²) in [4.78, 5) is 2.51. The van der Waals surface area contributed by atoms with Gasteiger partial charge in [-0.1, -0.05) is 37.1 Å². The van der Waals surface area contributed by atoms with Crippen LogP contribution in [0.5, 0.6) is 0 Å². The fourth-order valence-electron chi connectivity index (χ4n) is 5.39. The number of hydrogen-bond acceptors (Lipinski definition) is 4. The summed E-state index contributed by atoms with van der Waals surface area (Å²) in [6.45, 7) is 8.89. The first-order valence-corrected chi connectivity index (χ1v) is 12.0. The Bertz CT molecular complexity index is 640. The van der Waals surface area contributed by atoms with Crippen LogP contribution in [-0.2, 0) is 4.74 Å². The number of aliphatic hydroxyl groups is 2. The first-order chi connectivity index (χ1) is 14.6. The molecule has 4 heteroatoms. The third kappa shape index (κ3) is 6.69. The molecule has 0 aromatic rings. The van der Waals surface area contributed by atoms with Crippen LogP contribution in [0.25, 0.3) is 0 Å². The van der Waals surface area contributed by atoms with Crippen molar-refractivity contribution >= 4 is 0 Å². The molecule has 2 N–H and O–H groups in total. The van der Waals surface area contributed by atoms with Crippen LogP contribution in [0.15, 0.2) is 23.8 Å². The molecule has 0 aromatic heterocycles. The molecule has 168 valence electrons. The van der Waals surface area contributed by atoms with E-state index in [2.05, 4.69) is 28.9 Å². The Hall–Kier alpha value is -1.12. The summed E-state index contributed by atoms with van der Waals surface area (Å²) >= 11 is 0. The van der Waals surface area contributed by atoms with E-state index in [4.69, 9.17) is 4.74 Å². The van der Waals surface area contributed by atoms with Gasteiger partial charge < -0.3 is 19.8 Å². The lowest BCUT2D eigenvalue weighted by molar-refractivity contribution is 0.114. The second-order valence-corrected chi connectivity index (χ2v) is 9.54. The van der Waals surface area contributed by atoms with Gasteiger partial charge in [-0.05, 0) is 69.9 Å². The van der Waals surface area contributed by atoms with Gasteiger partial charge in [0.05, 0.1) is 25.4 Å². The standard InChI is InChI=1S/C26H41NO3/c1-3-4-8-20(2)25(28)10-9-23-24-18-21(17-22(24)19-26(23)29)11-15-30-16-14-27-12-6-5-7-13-27/h9-11,20,22-26,28-29H,5-8,12-19H2,1-2H3/b10-9+,21-11+/t20-,22+,23-,24+,25-,26-/m1/s1. The molecule has 3 fully saturated rings. The molecule has 30 heavy (non-hydrogen) atoms. The largest absolute Gasteiger partial charge is 0.392 e. The Kier molecular flexibility index (Phi) is 9.46. The Balaban J connectivity index is 1.42. The second kappa shape index (κ2) is 12.1. The van der Waals surface area contributed by atoms with E-state index in [0.717, 1.165) is 32.4 Å². The molecule has 0 bridgehead atoms. The average Bonchev–Trinajstić information content (AvgIpc) is 3.27. The molecule has 0 radical (unpaired) electrons. The van der Waals surface area contributed by atoms with Crippen molar-refractivity contribution in [3.63, 3.8) is 0 Å². The summed E-state index contributed by atoms with van der Waals surface area (Å²) in [5.41, 5.74) is 1.49. The number of piperidine rings is 1. The first-order valence-electron chi connectivity index (χ1n) is 12.0. The molecule has 0 aromatic carbocycles. The first kappa shape index (κ1) is 23.5. The molecule has 2 saturated carbocycles. The van der Waals surface area contributed by atoms with Gasteiger partial charge in [-0.3, -0.25) is 0 Å². The molecule has 1 saturated heterocycles. The van der Waals surface area contributed by atoms with Gasteiger partial charge in [0.1, 0.15) is 0 Å². The minimum atomic E-state index is -0.498. The highest BCUT2D eigenvalue weighted by atomic mass is 16.5. The quantitative estimate of drug-likeness (QED) is 0.342. The smallest absolute Gasteiger partial charge is 0.0755 e. The maximum atomic E-state index is 10.5. The van der Waals surface area contributed by atoms with E-state index in [9.17, 15) is 10.2 Å². The van der Waals surface area contributed by atoms with Gasteiger partial charge in [-0.25, -0.2) is 0 Å². The zero-order valence-electron chi connectivity index (χ0n) is 18.9. The number of likely N-dealkylation sites (tertiary alicyclic amines) is 1. The normalized spacial score (nSPS) is 32.9. The van der Waals surface area contributed by atoms with Crippen molar-refractivity contribution in [2.24, 2.45) is 23.7 Å². The van der Waals surface area contributed by atoms with Crippen molar-refractivity contribution in [2.45, 2.75) is 71.0 Å². The number of rotatable bonds is 9. The molecule has 6 atom stereocenters. The number of fused-ring (bicyclic) bond motifs is 1. The number of ether oxygens (including phenoxy) is 1. The van der Waals surface area contributed by atoms with E-state index in [-0.39, 0.29) is 17.9 Å². The van der Waals surface area contributed by atoms with Crippen molar-refractivity contribution in [3.8, 4) is 11.8 Å². The summed E-state index contributed by atoms with van der Waals surface area (Å²) < 4.78 is 5.88. The molecule has 2 aliphatic carbocycles. The molecule has 0 amide bonds. The number of allylic oxidation sites excluding steroid dienone is 1. The second-order valence-electron chi connectivity index (χ2n) is 9.54. The molecular weight excluding hydrogens is 374 g/mol. The van der Waals surface area contributed by atoms with E-state index in [1.807, 2.05) is 19.9 Å².